The van der Waals surface area contributed by atoms with E-state index in [1.165, 1.54) is 0 Å². The van der Waals surface area contributed by atoms with Gasteiger partial charge in [0.05, 0.1) is 22.0 Å². The van der Waals surface area contributed by atoms with Gasteiger partial charge in [0, 0.05) is 23.6 Å². The number of unbranched alkanes of at least 4 members (excludes halogenated alkanes) is 2. The summed E-state index contributed by atoms with van der Waals surface area (Å²) < 4.78 is 1.80. The van der Waals surface area contributed by atoms with E-state index in [2.05, 4.69) is 4.99 Å². The Kier molecular flexibility index (Phi) is 4.69. The zero-order valence-electron chi connectivity index (χ0n) is 15.3. The van der Waals surface area contributed by atoms with E-state index in [-0.39, 0.29) is 18.2 Å². The van der Waals surface area contributed by atoms with Gasteiger partial charge in [-0.25, -0.2) is 4.99 Å². The van der Waals surface area contributed by atoms with Crippen LogP contribution in [0.1, 0.15) is 31.2 Å². The second kappa shape index (κ2) is 7.31. The summed E-state index contributed by atoms with van der Waals surface area (Å²) in [4.78, 5) is 27.4. The molecule has 0 spiro atoms. The van der Waals surface area contributed by atoms with Crippen molar-refractivity contribution in [3.8, 4) is 5.88 Å². The quantitative estimate of drug-likeness (QED) is 0.619. The number of benzene rings is 2. The van der Waals surface area contributed by atoms with Crippen molar-refractivity contribution >= 4 is 28.4 Å². The summed E-state index contributed by atoms with van der Waals surface area (Å²) in [5.74, 6) is -1.09. The van der Waals surface area contributed by atoms with Crippen LogP contribution < -0.4 is 10.6 Å². The molecule has 0 atom stereocenters. The molecule has 2 aromatic carbocycles. The molecule has 4 rings (SSSR count). The van der Waals surface area contributed by atoms with E-state index in [9.17, 15) is 14.7 Å². The molecule has 1 aromatic heterocycles. The lowest BCUT2D eigenvalue weighted by atomic mass is 10.0. The van der Waals surface area contributed by atoms with Gasteiger partial charge in [-0.05, 0) is 25.0 Å². The molecule has 6 heteroatoms. The first-order valence-electron chi connectivity index (χ1n) is 9.32. The molecule has 0 saturated heterocycles. The normalized spacial score (nSPS) is 13.0. The summed E-state index contributed by atoms with van der Waals surface area (Å²) in [5, 5.41) is 21.9. The molecule has 0 radical (unpaired) electrons. The number of aliphatic carboxylic acids is 1. The monoisotopic (exact) mass is 376 g/mol. The number of fused-ring (bicyclic) bond motifs is 2. The average Bonchev–Trinajstić information content (AvgIpc) is 3.14. The minimum Gasteiger partial charge on any atom is -0.494 e. The molecule has 1 aliphatic rings. The third-order valence-electron chi connectivity index (χ3n) is 5.08. The summed E-state index contributed by atoms with van der Waals surface area (Å²) in [6.45, 7) is 0.548. The maximum Gasteiger partial charge on any atom is 0.303 e. The summed E-state index contributed by atoms with van der Waals surface area (Å²) in [7, 11) is 0. The fraction of sp³-hybridized carbons (Fsp3) is 0.227. The Labute approximate surface area is 161 Å². The number of carboxylic acids is 1. The van der Waals surface area contributed by atoms with Crippen LogP contribution in [0, 0.1) is 0 Å². The van der Waals surface area contributed by atoms with Gasteiger partial charge in [-0.15, -0.1) is 0 Å². The molecule has 142 valence electrons. The van der Waals surface area contributed by atoms with Gasteiger partial charge in [0.2, 0.25) is 0 Å². The predicted molar refractivity (Wildman–Crippen MR) is 104 cm³/mol. The van der Waals surface area contributed by atoms with E-state index >= 15 is 0 Å². The fourth-order valence-electron chi connectivity index (χ4n) is 3.79. The Balaban J connectivity index is 1.77. The van der Waals surface area contributed by atoms with E-state index in [1.54, 1.807) is 10.6 Å². The number of rotatable bonds is 7. The summed E-state index contributed by atoms with van der Waals surface area (Å²) in [6.07, 6.45) is 2.24. The molecule has 1 amide bonds. The first-order valence-corrected chi connectivity index (χ1v) is 9.32. The zero-order valence-corrected chi connectivity index (χ0v) is 15.3. The standard InChI is InChI=1S/C22H20N2O4/c25-18(26)12-2-1-7-13-24-17-11-6-4-9-15(17)20(22(24)28)19-14-8-3-5-10-16(14)23-21(19)27/h3-6,8-11,28H,1-2,7,12-13H2,(H,25,26). The highest BCUT2D eigenvalue weighted by Gasteiger charge is 2.26. The van der Waals surface area contributed by atoms with Crippen LogP contribution in [0.3, 0.4) is 0 Å². The summed E-state index contributed by atoms with van der Waals surface area (Å²) in [5.41, 5.74) is 1.78. The number of carboxylic acid groups (broad SMARTS) is 1. The molecule has 28 heavy (non-hydrogen) atoms. The van der Waals surface area contributed by atoms with Gasteiger partial charge in [0.15, 0.2) is 5.88 Å². The van der Waals surface area contributed by atoms with Crippen LogP contribution in [0.2, 0.25) is 0 Å². The van der Waals surface area contributed by atoms with E-state index in [0.29, 0.717) is 29.5 Å². The van der Waals surface area contributed by atoms with Crippen molar-refractivity contribution in [3.63, 3.8) is 0 Å². The summed E-state index contributed by atoms with van der Waals surface area (Å²) in [6, 6.07) is 14.9. The van der Waals surface area contributed by atoms with Crippen molar-refractivity contribution in [2.75, 3.05) is 0 Å². The second-order valence-electron chi connectivity index (χ2n) is 6.88. The van der Waals surface area contributed by atoms with Crippen LogP contribution in [0.25, 0.3) is 16.5 Å². The number of hydrogen-bond acceptors (Lipinski definition) is 3. The maximum absolute atomic E-state index is 12.6. The minimum atomic E-state index is -0.796. The van der Waals surface area contributed by atoms with E-state index < -0.39 is 5.97 Å². The van der Waals surface area contributed by atoms with Gasteiger partial charge in [-0.3, -0.25) is 9.59 Å². The lowest BCUT2D eigenvalue weighted by Gasteiger charge is -2.07. The molecule has 6 nitrogen and oxygen atoms in total. The SMILES string of the molecule is O=C(O)CCCCCn1c(O)c(C2=c3ccccc3=NC2=O)c2ccccc21. The minimum absolute atomic E-state index is 0.0506. The van der Waals surface area contributed by atoms with Gasteiger partial charge in [0.25, 0.3) is 5.91 Å². The molecule has 2 N–H and O–H groups in total. The molecule has 2 heterocycles. The van der Waals surface area contributed by atoms with E-state index in [0.717, 1.165) is 29.0 Å². The Morgan fingerprint density at radius 3 is 2.57 bits per heavy atom. The van der Waals surface area contributed by atoms with Crippen LogP contribution >= 0.6 is 0 Å². The van der Waals surface area contributed by atoms with E-state index in [1.807, 2.05) is 42.5 Å². The number of aromatic nitrogens is 1. The van der Waals surface area contributed by atoms with Gasteiger partial charge in [-0.1, -0.05) is 42.8 Å². The lowest BCUT2D eigenvalue weighted by molar-refractivity contribution is -0.137. The van der Waals surface area contributed by atoms with Crippen molar-refractivity contribution in [1.82, 2.24) is 4.57 Å². The van der Waals surface area contributed by atoms with Crippen LogP contribution in [-0.4, -0.2) is 26.7 Å². The molecule has 0 aliphatic carbocycles. The smallest absolute Gasteiger partial charge is 0.303 e. The number of aromatic hydroxyl groups is 1. The van der Waals surface area contributed by atoms with Crippen molar-refractivity contribution in [3.05, 3.63) is 64.7 Å². The molecule has 0 saturated carbocycles. The second-order valence-corrected chi connectivity index (χ2v) is 6.88. The van der Waals surface area contributed by atoms with Crippen LogP contribution in [-0.2, 0) is 16.1 Å². The molecule has 0 bridgehead atoms. The first kappa shape index (κ1) is 18.0. The van der Waals surface area contributed by atoms with Crippen molar-refractivity contribution < 1.29 is 19.8 Å². The van der Waals surface area contributed by atoms with Gasteiger partial charge in [-0.2, -0.15) is 0 Å². The number of carbonyl (C=O) groups is 2. The highest BCUT2D eigenvalue weighted by molar-refractivity contribution is 6.24. The number of hydrogen-bond donors (Lipinski definition) is 2. The predicted octanol–water partition coefficient (Wildman–Crippen LogP) is 2.35. The highest BCUT2D eigenvalue weighted by atomic mass is 16.4. The van der Waals surface area contributed by atoms with Crippen molar-refractivity contribution in [1.29, 1.82) is 0 Å². The van der Waals surface area contributed by atoms with Gasteiger partial charge in [0.1, 0.15) is 0 Å². The molecule has 0 unspecified atom stereocenters. The number of amides is 1. The third kappa shape index (κ3) is 3.07. The Morgan fingerprint density at radius 2 is 1.75 bits per heavy atom. The molecule has 1 aliphatic heterocycles. The van der Waals surface area contributed by atoms with Crippen molar-refractivity contribution in [2.24, 2.45) is 4.99 Å². The Morgan fingerprint density at radius 1 is 1.00 bits per heavy atom. The summed E-state index contributed by atoms with van der Waals surface area (Å²) >= 11 is 0. The number of aryl methyl sites for hydroxylation is 1. The van der Waals surface area contributed by atoms with Crippen LogP contribution in [0.15, 0.2) is 53.5 Å². The fourth-order valence-corrected chi connectivity index (χ4v) is 3.79. The zero-order chi connectivity index (χ0) is 19.7. The van der Waals surface area contributed by atoms with Gasteiger partial charge < -0.3 is 14.8 Å². The maximum atomic E-state index is 12.6. The topological polar surface area (TPSA) is 91.9 Å². The Bertz CT molecular complexity index is 1210. The first-order chi connectivity index (χ1) is 13.6. The van der Waals surface area contributed by atoms with Crippen LogP contribution in [0.5, 0.6) is 5.88 Å². The number of carbonyl (C=O) groups excluding carboxylic acids is 1. The molecule has 0 fully saturated rings. The molecular formula is C22H20N2O4. The number of para-hydroxylation sites is 2. The highest BCUT2D eigenvalue weighted by Crippen LogP contribution is 2.36. The average molecular weight is 376 g/mol. The molecule has 3 aromatic rings. The lowest BCUT2D eigenvalue weighted by Crippen LogP contribution is -2.22. The van der Waals surface area contributed by atoms with E-state index in [4.69, 9.17) is 5.11 Å². The van der Waals surface area contributed by atoms with Gasteiger partial charge >= 0.3 is 5.97 Å². The number of nitrogens with zero attached hydrogens (tertiary/aromatic N) is 2. The molecular weight excluding hydrogens is 356 g/mol. The third-order valence-corrected chi connectivity index (χ3v) is 5.08. The van der Waals surface area contributed by atoms with Crippen molar-refractivity contribution in [2.45, 2.75) is 32.2 Å². The van der Waals surface area contributed by atoms with Crippen LogP contribution in [0.4, 0.5) is 0 Å². The Hall–Kier alpha value is -3.41. The largest absolute Gasteiger partial charge is 0.494 e.